The molecule has 0 amide bonds. The minimum atomic E-state index is -0.119. The lowest BCUT2D eigenvalue weighted by molar-refractivity contribution is -0.148. The van der Waals surface area contributed by atoms with E-state index in [9.17, 15) is 4.79 Å². The van der Waals surface area contributed by atoms with Crippen LogP contribution in [0.3, 0.4) is 0 Å². The van der Waals surface area contributed by atoms with Crippen LogP contribution in [0.15, 0.2) is 0 Å². The van der Waals surface area contributed by atoms with Crippen LogP contribution in [0.4, 0.5) is 0 Å². The van der Waals surface area contributed by atoms with Gasteiger partial charge in [0.05, 0.1) is 7.11 Å². The van der Waals surface area contributed by atoms with E-state index < -0.39 is 0 Å². The number of hydrogen-bond donors (Lipinski definition) is 0. The van der Waals surface area contributed by atoms with E-state index in [0.717, 1.165) is 12.5 Å². The molecule has 1 rings (SSSR count). The Bertz CT molecular complexity index is 205. The molecule has 0 bridgehead atoms. The van der Waals surface area contributed by atoms with Crippen molar-refractivity contribution in [2.24, 2.45) is 5.92 Å². The second-order valence-electron chi connectivity index (χ2n) is 4.42. The predicted molar refractivity (Wildman–Crippen MR) is 56.0 cm³/mol. The van der Waals surface area contributed by atoms with Crippen LogP contribution in [-0.2, 0) is 9.53 Å². The van der Waals surface area contributed by atoms with Gasteiger partial charge in [-0.25, -0.2) is 0 Å². The number of esters is 1. The van der Waals surface area contributed by atoms with E-state index in [-0.39, 0.29) is 12.0 Å². The van der Waals surface area contributed by atoms with Crippen LogP contribution in [0.5, 0.6) is 0 Å². The monoisotopic (exact) mass is 199 g/mol. The number of methoxy groups -OCH3 is 1. The molecule has 0 aliphatic carbocycles. The van der Waals surface area contributed by atoms with Gasteiger partial charge in [-0.3, -0.25) is 9.69 Å². The highest BCUT2D eigenvalue weighted by Crippen LogP contribution is 2.24. The van der Waals surface area contributed by atoms with Crippen LogP contribution >= 0.6 is 0 Å². The van der Waals surface area contributed by atoms with E-state index in [4.69, 9.17) is 4.74 Å². The lowest BCUT2D eigenvalue weighted by Gasteiger charge is -2.39. The van der Waals surface area contributed by atoms with Crippen LogP contribution in [0.1, 0.15) is 33.6 Å². The molecule has 0 spiro atoms. The quantitative estimate of drug-likeness (QED) is 0.634. The van der Waals surface area contributed by atoms with Crippen molar-refractivity contribution in [3.05, 3.63) is 0 Å². The highest BCUT2D eigenvalue weighted by Gasteiger charge is 2.30. The molecule has 14 heavy (non-hydrogen) atoms. The Balaban J connectivity index is 2.55. The molecule has 0 saturated carbocycles. The second kappa shape index (κ2) is 4.78. The molecule has 1 heterocycles. The van der Waals surface area contributed by atoms with Gasteiger partial charge < -0.3 is 4.74 Å². The van der Waals surface area contributed by atoms with Crippen LogP contribution in [0, 0.1) is 5.92 Å². The lowest BCUT2D eigenvalue weighted by Crippen LogP contribution is -2.49. The maximum atomic E-state index is 11.4. The van der Waals surface area contributed by atoms with Crippen molar-refractivity contribution in [2.75, 3.05) is 13.7 Å². The van der Waals surface area contributed by atoms with E-state index in [1.54, 1.807) is 0 Å². The van der Waals surface area contributed by atoms with Crippen LogP contribution < -0.4 is 0 Å². The summed E-state index contributed by atoms with van der Waals surface area (Å²) in [5.41, 5.74) is 0. The van der Waals surface area contributed by atoms with Gasteiger partial charge in [0, 0.05) is 6.04 Å². The smallest absolute Gasteiger partial charge is 0.322 e. The fourth-order valence-electron chi connectivity index (χ4n) is 2.31. The maximum Gasteiger partial charge on any atom is 0.322 e. The third kappa shape index (κ3) is 2.47. The Morgan fingerprint density at radius 1 is 1.50 bits per heavy atom. The average Bonchev–Trinajstić information content (AvgIpc) is 2.15. The van der Waals surface area contributed by atoms with Crippen molar-refractivity contribution in [1.29, 1.82) is 0 Å². The van der Waals surface area contributed by atoms with Crippen LogP contribution in [-0.4, -0.2) is 36.6 Å². The number of carbonyl (C=O) groups is 1. The number of likely N-dealkylation sites (tertiary alicyclic amines) is 1. The molecule has 0 aromatic carbocycles. The number of hydrogen-bond acceptors (Lipinski definition) is 3. The molecule has 0 aromatic rings. The third-order valence-electron chi connectivity index (χ3n) is 3.23. The molecule has 0 N–H and O–H groups in total. The van der Waals surface area contributed by atoms with Crippen LogP contribution in [0.2, 0.25) is 0 Å². The maximum absolute atomic E-state index is 11.4. The zero-order valence-corrected chi connectivity index (χ0v) is 9.62. The summed E-state index contributed by atoms with van der Waals surface area (Å²) in [5.74, 6) is 0.664. The molecule has 1 saturated heterocycles. The zero-order chi connectivity index (χ0) is 10.7. The van der Waals surface area contributed by atoms with Gasteiger partial charge in [0.25, 0.3) is 0 Å². The van der Waals surface area contributed by atoms with Gasteiger partial charge in [0.1, 0.15) is 6.04 Å². The normalized spacial score (nSPS) is 31.1. The first-order valence-electron chi connectivity index (χ1n) is 5.39. The molecule has 3 unspecified atom stereocenters. The van der Waals surface area contributed by atoms with E-state index in [1.165, 1.54) is 20.0 Å². The largest absolute Gasteiger partial charge is 0.468 e. The Hall–Kier alpha value is -0.570. The van der Waals surface area contributed by atoms with E-state index in [1.807, 2.05) is 6.92 Å². The highest BCUT2D eigenvalue weighted by atomic mass is 16.5. The molecule has 0 aromatic heterocycles. The fourth-order valence-corrected chi connectivity index (χ4v) is 2.31. The van der Waals surface area contributed by atoms with Crippen molar-refractivity contribution in [1.82, 2.24) is 4.90 Å². The minimum Gasteiger partial charge on any atom is -0.468 e. The summed E-state index contributed by atoms with van der Waals surface area (Å²) in [7, 11) is 1.45. The first kappa shape index (κ1) is 11.5. The molecular weight excluding hydrogens is 178 g/mol. The van der Waals surface area contributed by atoms with E-state index in [0.29, 0.717) is 6.04 Å². The number of ether oxygens (including phenoxy) is 1. The Morgan fingerprint density at radius 2 is 2.14 bits per heavy atom. The zero-order valence-electron chi connectivity index (χ0n) is 9.62. The van der Waals surface area contributed by atoms with Gasteiger partial charge >= 0.3 is 5.97 Å². The molecular formula is C11H21NO2. The van der Waals surface area contributed by atoms with Crippen molar-refractivity contribution in [3.8, 4) is 0 Å². The minimum absolute atomic E-state index is 0.0949. The highest BCUT2D eigenvalue weighted by molar-refractivity contribution is 5.75. The fraction of sp³-hybridized carbons (Fsp3) is 0.909. The van der Waals surface area contributed by atoms with Crippen molar-refractivity contribution in [2.45, 2.75) is 45.7 Å². The van der Waals surface area contributed by atoms with Crippen molar-refractivity contribution >= 4 is 5.97 Å². The van der Waals surface area contributed by atoms with Crippen molar-refractivity contribution in [3.63, 3.8) is 0 Å². The first-order chi connectivity index (χ1) is 6.56. The SMILES string of the molecule is COC(=O)C(C)N1CCC(C)CC1C. The number of rotatable bonds is 2. The topological polar surface area (TPSA) is 29.5 Å². The van der Waals surface area contributed by atoms with Gasteiger partial charge in [-0.2, -0.15) is 0 Å². The second-order valence-corrected chi connectivity index (χ2v) is 4.42. The summed E-state index contributed by atoms with van der Waals surface area (Å²) in [6.07, 6.45) is 2.37. The van der Waals surface area contributed by atoms with Gasteiger partial charge in [0.15, 0.2) is 0 Å². The summed E-state index contributed by atoms with van der Waals surface area (Å²) in [4.78, 5) is 13.6. The summed E-state index contributed by atoms with van der Waals surface area (Å²) < 4.78 is 4.76. The molecule has 3 nitrogen and oxygen atoms in total. The summed E-state index contributed by atoms with van der Waals surface area (Å²) in [6.45, 7) is 7.41. The first-order valence-corrected chi connectivity index (χ1v) is 5.39. The molecule has 1 aliphatic rings. The van der Waals surface area contributed by atoms with Gasteiger partial charge in [-0.1, -0.05) is 6.92 Å². The van der Waals surface area contributed by atoms with E-state index >= 15 is 0 Å². The lowest BCUT2D eigenvalue weighted by atomic mass is 9.92. The molecule has 1 fully saturated rings. The van der Waals surface area contributed by atoms with E-state index in [2.05, 4.69) is 18.7 Å². The standard InChI is InChI=1S/C11H21NO2/c1-8-5-6-12(9(2)7-8)10(3)11(13)14-4/h8-10H,5-7H2,1-4H3. The molecule has 0 radical (unpaired) electrons. The van der Waals surface area contributed by atoms with Crippen molar-refractivity contribution < 1.29 is 9.53 Å². The Morgan fingerprint density at radius 3 is 2.64 bits per heavy atom. The molecule has 3 atom stereocenters. The Labute approximate surface area is 86.4 Å². The number of carbonyl (C=O) groups excluding carboxylic acids is 1. The molecule has 3 heteroatoms. The number of piperidine rings is 1. The molecule has 1 aliphatic heterocycles. The van der Waals surface area contributed by atoms with Crippen LogP contribution in [0.25, 0.3) is 0 Å². The van der Waals surface area contributed by atoms with Gasteiger partial charge in [0.2, 0.25) is 0 Å². The van der Waals surface area contributed by atoms with Gasteiger partial charge in [-0.15, -0.1) is 0 Å². The summed E-state index contributed by atoms with van der Waals surface area (Å²) in [6, 6.07) is 0.398. The third-order valence-corrected chi connectivity index (χ3v) is 3.23. The summed E-state index contributed by atoms with van der Waals surface area (Å²) >= 11 is 0. The predicted octanol–water partition coefficient (Wildman–Crippen LogP) is 1.67. The average molecular weight is 199 g/mol. The summed E-state index contributed by atoms with van der Waals surface area (Å²) in [5, 5.41) is 0. The molecule has 82 valence electrons. The number of nitrogens with zero attached hydrogens (tertiary/aromatic N) is 1. The Kier molecular flexibility index (Phi) is 3.93. The van der Waals surface area contributed by atoms with Gasteiger partial charge in [-0.05, 0) is 39.2 Å².